The van der Waals surface area contributed by atoms with Crippen LogP contribution in [0.3, 0.4) is 0 Å². The van der Waals surface area contributed by atoms with Gasteiger partial charge in [-0.15, -0.1) is 0 Å². The largest absolute Gasteiger partial charge is 0.631 e. The molecule has 0 bridgehead atoms. The second-order valence-electron chi connectivity index (χ2n) is 6.34. The monoisotopic (exact) mass is 460 g/mol. The Hall–Kier alpha value is -0.239. The summed E-state index contributed by atoms with van der Waals surface area (Å²) in [6, 6.07) is 0. The molecule has 29 heavy (non-hydrogen) atoms. The van der Waals surface area contributed by atoms with Gasteiger partial charge in [-0.2, -0.15) is 0 Å². The Labute approximate surface area is 186 Å². The molecule has 0 saturated carbocycles. The smallest absolute Gasteiger partial charge is 0.431 e. The maximum atomic E-state index is 7.17. The van der Waals surface area contributed by atoms with Crippen molar-refractivity contribution in [1.29, 1.82) is 0 Å². The summed E-state index contributed by atoms with van der Waals surface area (Å²) < 4.78 is 18.0. The maximum Gasteiger partial charge on any atom is 0.631 e. The highest BCUT2D eigenvalue weighted by molar-refractivity contribution is 6.61. The van der Waals surface area contributed by atoms with E-state index in [1.54, 1.807) is 0 Å². The van der Waals surface area contributed by atoms with Crippen LogP contribution in [-0.4, -0.2) is 59.0 Å². The summed E-state index contributed by atoms with van der Waals surface area (Å²) in [4.78, 5) is 0. The fourth-order valence-corrected chi connectivity index (χ4v) is 6.85. The number of allylic oxidation sites excluding steroid dienone is 3. The first-order chi connectivity index (χ1) is 13.9. The van der Waals surface area contributed by atoms with Gasteiger partial charge in [-0.1, -0.05) is 75.4 Å². The zero-order valence-electron chi connectivity index (χ0n) is 19.3. The lowest BCUT2D eigenvalue weighted by atomic mass is 10.2. The molecule has 0 fully saturated rings. The molecular formula is C18H42B2O6Si3. The SMILES string of the molecule is CCC(=C[SiH2]OB(O[SiH2]C=C(CC)CC)O[SiH2]C=C(CC)CC)CC.OB(O)O. The van der Waals surface area contributed by atoms with Gasteiger partial charge in [0.15, 0.2) is 29.3 Å². The van der Waals surface area contributed by atoms with Crippen molar-refractivity contribution < 1.29 is 28.1 Å². The molecule has 0 saturated heterocycles. The number of hydrogen-bond donors (Lipinski definition) is 3. The van der Waals surface area contributed by atoms with Crippen LogP contribution in [0.1, 0.15) is 80.1 Å². The Morgan fingerprint density at radius 2 is 0.793 bits per heavy atom. The van der Waals surface area contributed by atoms with E-state index in [0.717, 1.165) is 38.5 Å². The standard InChI is InChI=1S/C18H39BO3Si3.BH3O3/c1-7-16(8-2)13-23-20-19(21-24-14-17(9-3)10-4)22-25-15-18(11-5)12-6;2-1(3)4/h13-15H,7-12,23-25H2,1-6H3;2-4H. The molecule has 0 aliphatic heterocycles. The predicted octanol–water partition coefficient (Wildman–Crippen LogP) is 1.33. The van der Waals surface area contributed by atoms with E-state index in [2.05, 4.69) is 58.6 Å². The summed E-state index contributed by atoms with van der Waals surface area (Å²) in [5.74, 6) is 0. The van der Waals surface area contributed by atoms with E-state index in [1.165, 1.54) is 16.7 Å². The molecule has 0 atom stereocenters. The topological polar surface area (TPSA) is 88.4 Å². The Morgan fingerprint density at radius 1 is 0.586 bits per heavy atom. The third kappa shape index (κ3) is 20.8. The Morgan fingerprint density at radius 3 is 0.966 bits per heavy atom. The molecule has 0 aliphatic rings. The van der Waals surface area contributed by atoms with Crippen molar-refractivity contribution in [1.82, 2.24) is 0 Å². The molecule has 0 aromatic rings. The third-order valence-corrected chi connectivity index (χ3v) is 8.16. The Balaban J connectivity index is 0. The molecule has 0 aliphatic carbocycles. The van der Waals surface area contributed by atoms with Gasteiger partial charge < -0.3 is 28.1 Å². The summed E-state index contributed by atoms with van der Waals surface area (Å²) in [6.07, 6.45) is 6.67. The van der Waals surface area contributed by atoms with Gasteiger partial charge in [-0.05, 0) is 38.5 Å². The van der Waals surface area contributed by atoms with E-state index in [-0.39, 0.29) is 0 Å². The van der Waals surface area contributed by atoms with Gasteiger partial charge in [0, 0.05) is 0 Å². The Bertz CT molecular complexity index is 394. The molecule has 0 amide bonds. The average molecular weight is 460 g/mol. The van der Waals surface area contributed by atoms with Crippen LogP contribution < -0.4 is 0 Å². The maximum absolute atomic E-state index is 7.17. The summed E-state index contributed by atoms with van der Waals surface area (Å²) in [5.41, 5.74) is 11.4. The highest BCUT2D eigenvalue weighted by Crippen LogP contribution is 2.07. The molecule has 0 radical (unpaired) electrons. The highest BCUT2D eigenvalue weighted by atomic mass is 28.2. The lowest BCUT2D eigenvalue weighted by Gasteiger charge is -2.14. The summed E-state index contributed by atoms with van der Waals surface area (Å²) in [7, 11) is -4.79. The van der Waals surface area contributed by atoms with E-state index in [9.17, 15) is 0 Å². The van der Waals surface area contributed by atoms with Gasteiger partial charge in [-0.3, -0.25) is 0 Å². The van der Waals surface area contributed by atoms with E-state index >= 15 is 0 Å². The number of hydrogen-bond acceptors (Lipinski definition) is 6. The first-order valence-electron chi connectivity index (χ1n) is 10.8. The minimum Gasteiger partial charge on any atom is -0.431 e. The van der Waals surface area contributed by atoms with Crippen LogP contribution >= 0.6 is 0 Å². The fraction of sp³-hybridized carbons (Fsp3) is 0.667. The Kier molecular flexibility index (Phi) is 24.0. The first-order valence-corrected chi connectivity index (χ1v) is 15.0. The van der Waals surface area contributed by atoms with Crippen molar-refractivity contribution in [3.8, 4) is 0 Å². The van der Waals surface area contributed by atoms with Crippen LogP contribution in [0.2, 0.25) is 0 Å². The normalized spacial score (nSPS) is 11.1. The van der Waals surface area contributed by atoms with Gasteiger partial charge in [0.2, 0.25) is 0 Å². The summed E-state index contributed by atoms with van der Waals surface area (Å²) in [6.45, 7) is 13.2. The molecule has 0 unspecified atom stereocenters. The lowest BCUT2D eigenvalue weighted by molar-refractivity contribution is 0.278. The first kappa shape index (κ1) is 31.0. The molecule has 3 N–H and O–H groups in total. The highest BCUT2D eigenvalue weighted by Gasteiger charge is 2.18. The molecule has 0 rings (SSSR count). The summed E-state index contributed by atoms with van der Waals surface area (Å²) >= 11 is 0. The third-order valence-electron chi connectivity index (χ3n) is 4.54. The predicted molar refractivity (Wildman–Crippen MR) is 133 cm³/mol. The van der Waals surface area contributed by atoms with Crippen molar-refractivity contribution in [2.75, 3.05) is 0 Å². The van der Waals surface area contributed by atoms with Crippen LogP contribution in [0.5, 0.6) is 0 Å². The van der Waals surface area contributed by atoms with E-state index < -0.39 is 43.9 Å². The van der Waals surface area contributed by atoms with Gasteiger partial charge in [0.25, 0.3) is 0 Å². The van der Waals surface area contributed by atoms with Crippen molar-refractivity contribution in [3.63, 3.8) is 0 Å². The van der Waals surface area contributed by atoms with Gasteiger partial charge in [0.05, 0.1) is 0 Å². The summed E-state index contributed by atoms with van der Waals surface area (Å²) in [5, 5.41) is 21.5. The van der Waals surface area contributed by atoms with Crippen molar-refractivity contribution >= 4 is 43.9 Å². The molecular weight excluding hydrogens is 418 g/mol. The molecule has 168 valence electrons. The van der Waals surface area contributed by atoms with E-state index in [4.69, 9.17) is 28.1 Å². The van der Waals surface area contributed by atoms with Gasteiger partial charge >= 0.3 is 14.6 Å². The number of rotatable bonds is 15. The quantitative estimate of drug-likeness (QED) is 0.320. The van der Waals surface area contributed by atoms with Crippen molar-refractivity contribution in [2.24, 2.45) is 0 Å². The minimum atomic E-state index is -2.17. The molecule has 0 aromatic heterocycles. The average Bonchev–Trinajstić information content (AvgIpc) is 2.70. The van der Waals surface area contributed by atoms with E-state index in [1.807, 2.05) is 0 Å². The zero-order chi connectivity index (χ0) is 22.5. The van der Waals surface area contributed by atoms with E-state index in [0.29, 0.717) is 0 Å². The molecule has 6 nitrogen and oxygen atoms in total. The van der Waals surface area contributed by atoms with Crippen LogP contribution in [0, 0.1) is 0 Å². The fourth-order valence-electron chi connectivity index (χ4n) is 2.49. The van der Waals surface area contributed by atoms with Crippen LogP contribution in [0.15, 0.2) is 33.8 Å². The van der Waals surface area contributed by atoms with Crippen LogP contribution in [-0.2, 0) is 13.0 Å². The van der Waals surface area contributed by atoms with Crippen molar-refractivity contribution in [2.45, 2.75) is 80.1 Å². The molecule has 0 aromatic carbocycles. The second-order valence-corrected chi connectivity index (χ2v) is 9.57. The molecule has 0 heterocycles. The minimum absolute atomic E-state index is 0.436. The second kappa shape index (κ2) is 22.4. The zero-order valence-corrected chi connectivity index (χ0v) is 23.6. The van der Waals surface area contributed by atoms with Crippen LogP contribution in [0.4, 0.5) is 0 Å². The van der Waals surface area contributed by atoms with Gasteiger partial charge in [0.1, 0.15) is 0 Å². The molecule has 11 heteroatoms. The van der Waals surface area contributed by atoms with Gasteiger partial charge in [-0.25, -0.2) is 0 Å². The van der Waals surface area contributed by atoms with Crippen LogP contribution in [0.25, 0.3) is 0 Å². The van der Waals surface area contributed by atoms with Crippen molar-refractivity contribution in [3.05, 3.63) is 33.8 Å². The lowest BCUT2D eigenvalue weighted by Crippen LogP contribution is -2.31. The molecule has 0 spiro atoms.